The number of carboxylic acid groups (broad SMARTS) is 2. The van der Waals surface area contributed by atoms with Gasteiger partial charge in [0.25, 0.3) is 0 Å². The SMILES string of the molecule is O=C([O-])C1CC(SSC2CCC([N+](=O)[O-])C(C(=O)[O-])C2)CCC1[N+](=O)[O-]. The van der Waals surface area contributed by atoms with E-state index in [1.165, 1.54) is 21.6 Å². The van der Waals surface area contributed by atoms with Crippen LogP contribution in [0.1, 0.15) is 38.5 Å². The Morgan fingerprint density at radius 2 is 1.08 bits per heavy atom. The van der Waals surface area contributed by atoms with E-state index >= 15 is 0 Å². The number of carbonyl (C=O) groups excluding carboxylic acids is 2. The zero-order valence-corrected chi connectivity index (χ0v) is 15.3. The summed E-state index contributed by atoms with van der Waals surface area (Å²) in [6.45, 7) is 0. The molecule has 2 aliphatic carbocycles. The van der Waals surface area contributed by atoms with Crippen LogP contribution in [0.15, 0.2) is 0 Å². The van der Waals surface area contributed by atoms with Gasteiger partial charge < -0.3 is 19.8 Å². The number of rotatable bonds is 7. The second-order valence-electron chi connectivity index (χ2n) is 6.62. The molecule has 0 aromatic rings. The Labute approximate surface area is 156 Å². The van der Waals surface area contributed by atoms with Crippen molar-refractivity contribution in [3.8, 4) is 0 Å². The summed E-state index contributed by atoms with van der Waals surface area (Å²) >= 11 is 0. The summed E-state index contributed by atoms with van der Waals surface area (Å²) in [6, 6.07) is -2.28. The van der Waals surface area contributed by atoms with Crippen molar-refractivity contribution < 1.29 is 29.6 Å². The highest BCUT2D eigenvalue weighted by atomic mass is 33.1. The topological polar surface area (TPSA) is 167 Å². The summed E-state index contributed by atoms with van der Waals surface area (Å²) in [5.74, 6) is -5.13. The largest absolute Gasteiger partial charge is 0.550 e. The van der Waals surface area contributed by atoms with Crippen molar-refractivity contribution in [2.45, 2.75) is 61.1 Å². The van der Waals surface area contributed by atoms with Gasteiger partial charge in [0.2, 0.25) is 12.1 Å². The van der Waals surface area contributed by atoms with Crippen molar-refractivity contribution in [3.63, 3.8) is 0 Å². The van der Waals surface area contributed by atoms with Crippen LogP contribution >= 0.6 is 21.6 Å². The first-order valence-electron chi connectivity index (χ1n) is 8.21. The average Bonchev–Trinajstić information content (AvgIpc) is 2.59. The highest BCUT2D eigenvalue weighted by Gasteiger charge is 2.41. The molecule has 0 amide bonds. The fourth-order valence-electron chi connectivity index (χ4n) is 3.58. The molecule has 2 rings (SSSR count). The van der Waals surface area contributed by atoms with E-state index in [1.54, 1.807) is 0 Å². The molecule has 0 radical (unpaired) electrons. The van der Waals surface area contributed by atoms with Gasteiger partial charge in [-0.25, -0.2) is 0 Å². The predicted octanol–water partition coefficient (Wildman–Crippen LogP) is -0.504. The standard InChI is InChI=1S/C14H20N2O8S2/c17-13(18)9-5-7(1-3-11(9)15(21)22)25-26-8-2-4-12(16(23)24)10(6-8)14(19)20/h7-12H,1-6H2,(H,17,18)(H,19,20)/p-2. The maximum absolute atomic E-state index is 11.2. The molecule has 12 heteroatoms. The van der Waals surface area contributed by atoms with Gasteiger partial charge in [0.15, 0.2) is 0 Å². The summed E-state index contributed by atoms with van der Waals surface area (Å²) in [7, 11) is 2.76. The Morgan fingerprint density at radius 3 is 1.35 bits per heavy atom. The Balaban J connectivity index is 1.89. The van der Waals surface area contributed by atoms with Crippen LogP contribution in [0.3, 0.4) is 0 Å². The summed E-state index contributed by atoms with van der Waals surface area (Å²) < 4.78 is 0. The molecule has 10 nitrogen and oxygen atoms in total. The predicted molar refractivity (Wildman–Crippen MR) is 89.0 cm³/mol. The number of carbonyl (C=O) groups is 2. The second kappa shape index (κ2) is 8.89. The molecule has 0 heterocycles. The minimum absolute atomic E-state index is 0.117. The molecule has 6 unspecified atom stereocenters. The first kappa shape index (κ1) is 20.7. The van der Waals surface area contributed by atoms with E-state index in [0.29, 0.717) is 12.8 Å². The van der Waals surface area contributed by atoms with Crippen LogP contribution in [0.4, 0.5) is 0 Å². The molecule has 6 atom stereocenters. The molecule has 2 fully saturated rings. The van der Waals surface area contributed by atoms with Crippen molar-refractivity contribution in [3.05, 3.63) is 20.2 Å². The van der Waals surface area contributed by atoms with Gasteiger partial charge in [0.1, 0.15) is 0 Å². The number of nitrogens with zero attached hydrogens (tertiary/aromatic N) is 2. The fourth-order valence-corrected chi connectivity index (χ4v) is 6.92. The zero-order chi connectivity index (χ0) is 19.4. The summed E-state index contributed by atoms with van der Waals surface area (Å²) in [6.07, 6.45) is 1.53. The Hall–Kier alpha value is -1.56. The molecule has 146 valence electrons. The maximum Gasteiger partial charge on any atom is 0.221 e. The van der Waals surface area contributed by atoms with Crippen molar-refractivity contribution in [1.29, 1.82) is 0 Å². The lowest BCUT2D eigenvalue weighted by Gasteiger charge is -2.34. The summed E-state index contributed by atoms with van der Waals surface area (Å²) in [5.41, 5.74) is 0. The monoisotopic (exact) mass is 406 g/mol. The lowest BCUT2D eigenvalue weighted by Crippen LogP contribution is -2.46. The fraction of sp³-hybridized carbons (Fsp3) is 0.857. The lowest BCUT2D eigenvalue weighted by molar-refractivity contribution is -0.535. The third-order valence-corrected chi connectivity index (χ3v) is 8.48. The van der Waals surface area contributed by atoms with Gasteiger partial charge in [-0.15, -0.1) is 0 Å². The van der Waals surface area contributed by atoms with E-state index in [-0.39, 0.29) is 36.2 Å². The molecular weight excluding hydrogens is 388 g/mol. The molecule has 26 heavy (non-hydrogen) atoms. The van der Waals surface area contributed by atoms with Gasteiger partial charge in [-0.2, -0.15) is 0 Å². The molecule has 0 bridgehead atoms. The van der Waals surface area contributed by atoms with E-state index in [9.17, 15) is 40.0 Å². The number of hydrogen-bond donors (Lipinski definition) is 0. The van der Waals surface area contributed by atoms with Gasteiger partial charge in [0, 0.05) is 33.2 Å². The van der Waals surface area contributed by atoms with Gasteiger partial charge in [-0.3, -0.25) is 20.2 Å². The van der Waals surface area contributed by atoms with Crippen LogP contribution in [-0.2, 0) is 9.59 Å². The Kier molecular flexibility index (Phi) is 7.09. The molecule has 0 spiro atoms. The van der Waals surface area contributed by atoms with Crippen LogP contribution in [0.5, 0.6) is 0 Å². The van der Waals surface area contributed by atoms with E-state index in [1.807, 2.05) is 0 Å². The lowest BCUT2D eigenvalue weighted by atomic mass is 9.84. The van der Waals surface area contributed by atoms with Crippen LogP contribution in [0, 0.1) is 32.1 Å². The highest BCUT2D eigenvalue weighted by molar-refractivity contribution is 8.77. The van der Waals surface area contributed by atoms with Crippen LogP contribution < -0.4 is 10.2 Å². The van der Waals surface area contributed by atoms with Crippen molar-refractivity contribution in [1.82, 2.24) is 0 Å². The third kappa shape index (κ3) is 5.00. The minimum Gasteiger partial charge on any atom is -0.550 e. The molecule has 0 aliphatic heterocycles. The molecule has 0 saturated heterocycles. The van der Waals surface area contributed by atoms with Crippen molar-refractivity contribution in [2.24, 2.45) is 11.8 Å². The van der Waals surface area contributed by atoms with E-state index < -0.39 is 45.7 Å². The smallest absolute Gasteiger partial charge is 0.221 e. The van der Waals surface area contributed by atoms with Crippen molar-refractivity contribution in [2.75, 3.05) is 0 Å². The molecule has 0 aromatic carbocycles. The minimum atomic E-state index is -1.43. The quantitative estimate of drug-likeness (QED) is 0.305. The third-order valence-electron chi connectivity index (χ3n) is 5.01. The molecule has 2 aliphatic rings. The average molecular weight is 406 g/mol. The molecule has 0 aromatic heterocycles. The number of carboxylic acids is 2. The maximum atomic E-state index is 11.2. The van der Waals surface area contributed by atoms with E-state index in [4.69, 9.17) is 0 Å². The Morgan fingerprint density at radius 1 is 0.731 bits per heavy atom. The van der Waals surface area contributed by atoms with E-state index in [2.05, 4.69) is 0 Å². The molecular formula is C14H18N2O8S2-2. The second-order valence-corrected chi connectivity index (χ2v) is 9.49. The first-order valence-corrected chi connectivity index (χ1v) is 10.5. The van der Waals surface area contributed by atoms with Gasteiger partial charge in [-0.1, -0.05) is 21.6 Å². The number of aliphatic carboxylic acids is 2. The molecule has 0 N–H and O–H groups in total. The van der Waals surface area contributed by atoms with Gasteiger partial charge in [-0.05, 0) is 25.7 Å². The summed E-state index contributed by atoms with van der Waals surface area (Å²) in [5, 5.41) is 44.0. The highest BCUT2D eigenvalue weighted by Crippen LogP contribution is 2.45. The van der Waals surface area contributed by atoms with Crippen LogP contribution in [-0.4, -0.2) is 44.4 Å². The van der Waals surface area contributed by atoms with Crippen molar-refractivity contribution >= 4 is 33.5 Å². The normalized spacial score (nSPS) is 34.8. The number of hydrogen-bond acceptors (Lipinski definition) is 10. The van der Waals surface area contributed by atoms with Gasteiger partial charge in [0.05, 0.1) is 23.8 Å². The zero-order valence-electron chi connectivity index (χ0n) is 13.7. The Bertz CT molecular complexity index is 539. The summed E-state index contributed by atoms with van der Waals surface area (Å²) in [4.78, 5) is 43.1. The van der Waals surface area contributed by atoms with Crippen LogP contribution in [0.2, 0.25) is 0 Å². The first-order chi connectivity index (χ1) is 12.2. The van der Waals surface area contributed by atoms with Crippen LogP contribution in [0.25, 0.3) is 0 Å². The molecule has 2 saturated carbocycles. The van der Waals surface area contributed by atoms with Gasteiger partial charge >= 0.3 is 0 Å². The number of nitro groups is 2. The van der Waals surface area contributed by atoms with E-state index in [0.717, 1.165) is 0 Å².